The Morgan fingerprint density at radius 3 is 2.44 bits per heavy atom. The van der Waals surface area contributed by atoms with E-state index in [1.807, 2.05) is 0 Å². The third-order valence-electron chi connectivity index (χ3n) is 3.85. The third-order valence-corrected chi connectivity index (χ3v) is 3.85. The van der Waals surface area contributed by atoms with Crippen molar-refractivity contribution in [1.29, 1.82) is 0 Å². The van der Waals surface area contributed by atoms with Crippen molar-refractivity contribution in [2.75, 3.05) is 0 Å². The summed E-state index contributed by atoms with van der Waals surface area (Å²) in [5.41, 5.74) is 3.07. The van der Waals surface area contributed by atoms with Crippen LogP contribution < -0.4 is 0 Å². The lowest BCUT2D eigenvalue weighted by Gasteiger charge is -2.09. The Balaban J connectivity index is 1.85. The molecule has 0 heterocycles. The zero-order chi connectivity index (χ0) is 11.2. The monoisotopic (exact) mass is 216 g/mol. The van der Waals surface area contributed by atoms with Crippen LogP contribution in [0.25, 0.3) is 0 Å². The molecule has 2 rings (SSSR count). The maximum absolute atomic E-state index is 2.42. The highest BCUT2D eigenvalue weighted by Gasteiger charge is 2.14. The summed E-state index contributed by atoms with van der Waals surface area (Å²) in [5.74, 6) is 1.02. The van der Waals surface area contributed by atoms with E-state index in [0.717, 1.165) is 5.92 Å². The van der Waals surface area contributed by atoms with Crippen LogP contribution in [0.4, 0.5) is 0 Å². The Morgan fingerprint density at radius 2 is 1.75 bits per heavy atom. The van der Waals surface area contributed by atoms with Gasteiger partial charge in [-0.25, -0.2) is 0 Å². The molecule has 0 aliphatic heterocycles. The van der Waals surface area contributed by atoms with E-state index in [9.17, 15) is 0 Å². The number of benzene rings is 1. The number of hydrogen-bond acceptors (Lipinski definition) is 0. The molecule has 1 fully saturated rings. The highest BCUT2D eigenvalue weighted by Crippen LogP contribution is 2.28. The largest absolute Gasteiger partial charge is 0.0651 e. The van der Waals surface area contributed by atoms with Crippen LogP contribution in [0.1, 0.15) is 56.6 Å². The molecule has 0 N–H and O–H groups in total. The molecule has 0 nitrogen and oxygen atoms in total. The van der Waals surface area contributed by atoms with Crippen molar-refractivity contribution in [3.8, 4) is 0 Å². The second-order valence-electron chi connectivity index (χ2n) is 5.26. The van der Waals surface area contributed by atoms with Gasteiger partial charge in [0.05, 0.1) is 0 Å². The van der Waals surface area contributed by atoms with Gasteiger partial charge in [0.15, 0.2) is 0 Å². The predicted octanol–water partition coefficient (Wildman–Crippen LogP) is 4.76. The van der Waals surface area contributed by atoms with Crippen molar-refractivity contribution < 1.29 is 0 Å². The lowest BCUT2D eigenvalue weighted by molar-refractivity contribution is 0.504. The van der Waals surface area contributed by atoms with Crippen molar-refractivity contribution in [2.24, 2.45) is 5.92 Å². The Kier molecular flexibility index (Phi) is 4.44. The fourth-order valence-corrected chi connectivity index (χ4v) is 2.90. The third kappa shape index (κ3) is 3.37. The minimum atomic E-state index is 1.02. The molecule has 0 unspecified atom stereocenters. The molecule has 1 aromatic rings. The highest BCUT2D eigenvalue weighted by molar-refractivity contribution is 5.23. The van der Waals surface area contributed by atoms with Crippen LogP contribution in [0.5, 0.6) is 0 Å². The first-order valence-corrected chi connectivity index (χ1v) is 6.96. The van der Waals surface area contributed by atoms with E-state index in [1.54, 1.807) is 5.56 Å². The molecule has 0 radical (unpaired) electrons. The molecular weight excluding hydrogens is 192 g/mol. The molecule has 0 saturated heterocycles. The molecule has 0 bridgehead atoms. The zero-order valence-corrected chi connectivity index (χ0v) is 10.5. The summed E-state index contributed by atoms with van der Waals surface area (Å²) in [4.78, 5) is 0. The fraction of sp³-hybridized carbons (Fsp3) is 0.625. The predicted molar refractivity (Wildman–Crippen MR) is 70.7 cm³/mol. The Bertz CT molecular complexity index is 308. The standard InChI is InChI=1S/C16H24/c1-2-6-15-9-5-10-16(13-15)12-11-14-7-3-4-8-14/h5,9-10,13-14H,2-4,6-8,11-12H2,1H3. The molecule has 1 aliphatic rings. The average Bonchev–Trinajstić information content (AvgIpc) is 2.80. The first-order valence-electron chi connectivity index (χ1n) is 6.96. The van der Waals surface area contributed by atoms with E-state index < -0.39 is 0 Å². The van der Waals surface area contributed by atoms with Crippen molar-refractivity contribution in [2.45, 2.75) is 58.3 Å². The number of hydrogen-bond donors (Lipinski definition) is 0. The van der Waals surface area contributed by atoms with Gasteiger partial charge in [-0.2, -0.15) is 0 Å². The Hall–Kier alpha value is -0.780. The Labute approximate surface area is 100 Å². The summed E-state index contributed by atoms with van der Waals surface area (Å²) in [5, 5.41) is 0. The average molecular weight is 216 g/mol. The molecule has 16 heavy (non-hydrogen) atoms. The van der Waals surface area contributed by atoms with Gasteiger partial charge in [-0.05, 0) is 36.3 Å². The van der Waals surface area contributed by atoms with Gasteiger partial charge >= 0.3 is 0 Å². The summed E-state index contributed by atoms with van der Waals surface area (Å²) in [6.45, 7) is 2.26. The van der Waals surface area contributed by atoms with E-state index in [0.29, 0.717) is 0 Å². The molecule has 0 heteroatoms. The Morgan fingerprint density at radius 1 is 1.06 bits per heavy atom. The van der Waals surface area contributed by atoms with E-state index >= 15 is 0 Å². The molecule has 0 amide bonds. The smallest absolute Gasteiger partial charge is 0.0276 e. The van der Waals surface area contributed by atoms with Gasteiger partial charge in [0.25, 0.3) is 0 Å². The van der Waals surface area contributed by atoms with Crippen LogP contribution in [0, 0.1) is 5.92 Å². The van der Waals surface area contributed by atoms with E-state index in [2.05, 4.69) is 31.2 Å². The fourth-order valence-electron chi connectivity index (χ4n) is 2.90. The van der Waals surface area contributed by atoms with E-state index in [1.165, 1.54) is 56.9 Å². The van der Waals surface area contributed by atoms with Crippen molar-refractivity contribution in [3.63, 3.8) is 0 Å². The molecule has 1 aliphatic carbocycles. The van der Waals surface area contributed by atoms with Crippen molar-refractivity contribution in [3.05, 3.63) is 35.4 Å². The van der Waals surface area contributed by atoms with Crippen LogP contribution in [0.3, 0.4) is 0 Å². The topological polar surface area (TPSA) is 0 Å². The summed E-state index contributed by atoms with van der Waals surface area (Å²) in [7, 11) is 0. The normalized spacial score (nSPS) is 16.8. The second kappa shape index (κ2) is 6.08. The van der Waals surface area contributed by atoms with E-state index in [-0.39, 0.29) is 0 Å². The first kappa shape index (κ1) is 11.7. The molecule has 1 aromatic carbocycles. The van der Waals surface area contributed by atoms with Gasteiger partial charge in [0.2, 0.25) is 0 Å². The molecule has 1 saturated carbocycles. The van der Waals surface area contributed by atoms with Crippen LogP contribution in [0.15, 0.2) is 24.3 Å². The van der Waals surface area contributed by atoms with Crippen molar-refractivity contribution in [1.82, 2.24) is 0 Å². The minimum Gasteiger partial charge on any atom is -0.0651 e. The van der Waals surface area contributed by atoms with Crippen LogP contribution in [-0.2, 0) is 12.8 Å². The molecule has 0 spiro atoms. The van der Waals surface area contributed by atoms with Crippen LogP contribution >= 0.6 is 0 Å². The lowest BCUT2D eigenvalue weighted by Crippen LogP contribution is -1.97. The highest BCUT2D eigenvalue weighted by atomic mass is 14.2. The first-order chi connectivity index (χ1) is 7.88. The molecule has 0 aromatic heterocycles. The van der Waals surface area contributed by atoms with Gasteiger partial charge in [0.1, 0.15) is 0 Å². The molecule has 0 atom stereocenters. The SMILES string of the molecule is CCCc1cccc(CCC2CCCC2)c1. The summed E-state index contributed by atoms with van der Waals surface area (Å²) >= 11 is 0. The van der Waals surface area contributed by atoms with Crippen LogP contribution in [0.2, 0.25) is 0 Å². The van der Waals surface area contributed by atoms with Gasteiger partial charge in [0, 0.05) is 0 Å². The maximum Gasteiger partial charge on any atom is -0.0276 e. The van der Waals surface area contributed by atoms with Crippen molar-refractivity contribution >= 4 is 0 Å². The molecule has 88 valence electrons. The quantitative estimate of drug-likeness (QED) is 0.665. The van der Waals surface area contributed by atoms with Crippen LogP contribution in [-0.4, -0.2) is 0 Å². The van der Waals surface area contributed by atoms with Gasteiger partial charge in [-0.1, -0.05) is 63.3 Å². The summed E-state index contributed by atoms with van der Waals surface area (Å²) < 4.78 is 0. The van der Waals surface area contributed by atoms with E-state index in [4.69, 9.17) is 0 Å². The summed E-state index contributed by atoms with van der Waals surface area (Å²) in [6.07, 6.45) is 11.1. The van der Waals surface area contributed by atoms with Gasteiger partial charge in [-0.3, -0.25) is 0 Å². The lowest BCUT2D eigenvalue weighted by atomic mass is 9.97. The summed E-state index contributed by atoms with van der Waals surface area (Å²) in [6, 6.07) is 9.21. The minimum absolute atomic E-state index is 1.02. The second-order valence-corrected chi connectivity index (χ2v) is 5.26. The zero-order valence-electron chi connectivity index (χ0n) is 10.5. The van der Waals surface area contributed by atoms with Gasteiger partial charge < -0.3 is 0 Å². The number of rotatable bonds is 5. The molecular formula is C16H24. The maximum atomic E-state index is 2.42. The van der Waals surface area contributed by atoms with Gasteiger partial charge in [-0.15, -0.1) is 0 Å². The number of aryl methyl sites for hydroxylation is 2.